The number of hydrogen-bond donors (Lipinski definition) is 1. The third-order valence-corrected chi connectivity index (χ3v) is 7.23. The number of benzene rings is 1. The van der Waals surface area contributed by atoms with E-state index in [9.17, 15) is 4.79 Å². The monoisotopic (exact) mass is 383 g/mol. The van der Waals surface area contributed by atoms with Crippen LogP contribution in [0.25, 0.3) is 10.6 Å². The number of aromatic nitrogens is 2. The molecule has 0 saturated heterocycles. The van der Waals surface area contributed by atoms with Crippen LogP contribution in [0.5, 0.6) is 11.5 Å². The normalized spacial score (nSPS) is 26.4. The summed E-state index contributed by atoms with van der Waals surface area (Å²) < 4.78 is 10.6. The second-order valence-corrected chi connectivity index (χ2v) is 8.54. The summed E-state index contributed by atoms with van der Waals surface area (Å²) >= 11 is 1.37. The first kappa shape index (κ1) is 16.7. The third-order valence-electron chi connectivity index (χ3n) is 6.34. The number of anilines is 1. The van der Waals surface area contributed by atoms with Gasteiger partial charge in [0.25, 0.3) is 0 Å². The first-order valence-corrected chi connectivity index (χ1v) is 10.0. The molecule has 140 valence electrons. The van der Waals surface area contributed by atoms with Crippen LogP contribution in [0, 0.1) is 23.2 Å². The van der Waals surface area contributed by atoms with Crippen molar-refractivity contribution in [1.82, 2.24) is 10.2 Å². The fourth-order valence-electron chi connectivity index (χ4n) is 4.83. The van der Waals surface area contributed by atoms with Gasteiger partial charge >= 0.3 is 0 Å². The number of allylic oxidation sites excluding steroid dienone is 2. The molecule has 3 aliphatic rings. The topological polar surface area (TPSA) is 73.3 Å². The molecule has 2 saturated carbocycles. The molecule has 2 aromatic rings. The highest BCUT2D eigenvalue weighted by Crippen LogP contribution is 2.70. The van der Waals surface area contributed by atoms with E-state index < -0.39 is 0 Å². The molecular weight excluding hydrogens is 362 g/mol. The maximum absolute atomic E-state index is 12.8. The molecule has 1 aromatic heterocycles. The molecule has 6 nitrogen and oxygen atoms in total. The summed E-state index contributed by atoms with van der Waals surface area (Å²) in [5.74, 6) is 2.44. The number of methoxy groups -OCH3 is 2. The van der Waals surface area contributed by atoms with E-state index in [2.05, 4.69) is 27.7 Å². The Morgan fingerprint density at radius 2 is 2.00 bits per heavy atom. The predicted molar refractivity (Wildman–Crippen MR) is 103 cm³/mol. The summed E-state index contributed by atoms with van der Waals surface area (Å²) in [6.07, 6.45) is 8.08. The van der Waals surface area contributed by atoms with Crippen LogP contribution >= 0.6 is 11.3 Å². The van der Waals surface area contributed by atoms with E-state index in [1.807, 2.05) is 18.2 Å². The average Bonchev–Trinajstić information content (AvgIpc) is 3.12. The molecule has 3 aliphatic carbocycles. The number of carbonyl (C=O) groups is 1. The maximum Gasteiger partial charge on any atom is 0.229 e. The largest absolute Gasteiger partial charge is 0.493 e. The lowest BCUT2D eigenvalue weighted by molar-refractivity contribution is -0.120. The van der Waals surface area contributed by atoms with Crippen molar-refractivity contribution in [3.05, 3.63) is 30.4 Å². The second kappa shape index (κ2) is 6.05. The molecule has 2 bridgehead atoms. The minimum Gasteiger partial charge on any atom is -0.493 e. The molecule has 27 heavy (non-hydrogen) atoms. The minimum atomic E-state index is 0.0657. The highest BCUT2D eigenvalue weighted by atomic mass is 32.1. The number of ether oxygens (including phenoxy) is 2. The lowest BCUT2D eigenvalue weighted by Crippen LogP contribution is -2.27. The van der Waals surface area contributed by atoms with E-state index in [1.165, 1.54) is 24.2 Å². The van der Waals surface area contributed by atoms with E-state index >= 15 is 0 Å². The van der Waals surface area contributed by atoms with Gasteiger partial charge in [0.2, 0.25) is 11.0 Å². The van der Waals surface area contributed by atoms with Gasteiger partial charge in [0, 0.05) is 11.5 Å². The van der Waals surface area contributed by atoms with E-state index in [1.54, 1.807) is 14.2 Å². The molecule has 3 atom stereocenters. The molecule has 0 aliphatic heterocycles. The zero-order chi connectivity index (χ0) is 18.6. The lowest BCUT2D eigenvalue weighted by atomic mass is 9.88. The summed E-state index contributed by atoms with van der Waals surface area (Å²) in [5.41, 5.74) is 1.29. The van der Waals surface area contributed by atoms with Gasteiger partial charge in [-0.05, 0) is 54.7 Å². The van der Waals surface area contributed by atoms with E-state index in [-0.39, 0.29) is 11.8 Å². The SMILES string of the molecule is COc1ccc(-c2nnc(NC(=O)C3CC4C=CC3C43CC3)s2)cc1OC. The van der Waals surface area contributed by atoms with Crippen LogP contribution in [0.4, 0.5) is 5.13 Å². The number of carbonyl (C=O) groups excluding carboxylic acids is 1. The van der Waals surface area contributed by atoms with Gasteiger partial charge in [-0.1, -0.05) is 23.5 Å². The maximum atomic E-state index is 12.8. The van der Waals surface area contributed by atoms with Gasteiger partial charge in [-0.2, -0.15) is 0 Å². The Kier molecular flexibility index (Phi) is 3.75. The lowest BCUT2D eigenvalue weighted by Gasteiger charge is -2.18. The molecule has 5 rings (SSSR count). The van der Waals surface area contributed by atoms with Crippen molar-refractivity contribution in [1.29, 1.82) is 0 Å². The van der Waals surface area contributed by atoms with Crippen LogP contribution in [0.1, 0.15) is 19.3 Å². The van der Waals surface area contributed by atoms with Gasteiger partial charge in [-0.15, -0.1) is 10.2 Å². The molecular formula is C20H21N3O3S. The zero-order valence-electron chi connectivity index (χ0n) is 15.3. The van der Waals surface area contributed by atoms with Crippen molar-refractivity contribution in [2.75, 3.05) is 19.5 Å². The highest BCUT2D eigenvalue weighted by molar-refractivity contribution is 7.18. The van der Waals surface area contributed by atoms with Gasteiger partial charge in [-0.3, -0.25) is 4.79 Å². The van der Waals surface area contributed by atoms with Gasteiger partial charge < -0.3 is 14.8 Å². The highest BCUT2D eigenvalue weighted by Gasteiger charge is 2.64. The van der Waals surface area contributed by atoms with Crippen molar-refractivity contribution in [2.24, 2.45) is 23.2 Å². The standard InChI is InChI=1S/C20H21N3O3S/c1-25-15-6-3-11(9-16(15)26-2)18-22-23-19(27-18)21-17(24)13-10-12-4-5-14(13)20(12)7-8-20/h3-6,9,12-14H,7-8,10H2,1-2H3,(H,21,23,24). The fraction of sp³-hybridized carbons (Fsp3) is 0.450. The molecule has 1 amide bonds. The van der Waals surface area contributed by atoms with Crippen molar-refractivity contribution in [3.63, 3.8) is 0 Å². The Morgan fingerprint density at radius 1 is 1.19 bits per heavy atom. The predicted octanol–water partition coefficient (Wildman–Crippen LogP) is 3.76. The molecule has 2 fully saturated rings. The average molecular weight is 383 g/mol. The van der Waals surface area contributed by atoms with Crippen LogP contribution in [0.15, 0.2) is 30.4 Å². The Bertz CT molecular complexity index is 934. The smallest absolute Gasteiger partial charge is 0.229 e. The Morgan fingerprint density at radius 3 is 2.70 bits per heavy atom. The summed E-state index contributed by atoms with van der Waals surface area (Å²) in [6, 6.07) is 5.61. The molecule has 1 spiro atoms. The Hall–Kier alpha value is -2.41. The van der Waals surface area contributed by atoms with Crippen LogP contribution in [-0.2, 0) is 4.79 Å². The van der Waals surface area contributed by atoms with Crippen molar-refractivity contribution >= 4 is 22.4 Å². The zero-order valence-corrected chi connectivity index (χ0v) is 16.1. The molecule has 7 heteroatoms. The Labute approximate surface area is 161 Å². The van der Waals surface area contributed by atoms with Gasteiger partial charge in [0.1, 0.15) is 5.01 Å². The number of nitrogens with one attached hydrogen (secondary N) is 1. The van der Waals surface area contributed by atoms with Crippen molar-refractivity contribution in [2.45, 2.75) is 19.3 Å². The number of nitrogens with zero attached hydrogens (tertiary/aromatic N) is 2. The first-order valence-electron chi connectivity index (χ1n) is 9.20. The van der Waals surface area contributed by atoms with E-state index in [4.69, 9.17) is 9.47 Å². The summed E-state index contributed by atoms with van der Waals surface area (Å²) in [7, 11) is 3.20. The van der Waals surface area contributed by atoms with Crippen LogP contribution in [-0.4, -0.2) is 30.3 Å². The van der Waals surface area contributed by atoms with E-state index in [0.717, 1.165) is 17.0 Å². The molecule has 1 aromatic carbocycles. The first-order chi connectivity index (χ1) is 13.1. The summed E-state index contributed by atoms with van der Waals surface area (Å²) in [5, 5.41) is 12.7. The molecule has 1 heterocycles. The Balaban J connectivity index is 1.31. The third kappa shape index (κ3) is 2.56. The van der Waals surface area contributed by atoms with Crippen LogP contribution < -0.4 is 14.8 Å². The quantitative estimate of drug-likeness (QED) is 0.796. The summed E-state index contributed by atoms with van der Waals surface area (Å²) in [4.78, 5) is 12.8. The molecule has 1 N–H and O–H groups in total. The van der Waals surface area contributed by atoms with Crippen molar-refractivity contribution in [3.8, 4) is 22.1 Å². The van der Waals surface area contributed by atoms with Crippen LogP contribution in [0.2, 0.25) is 0 Å². The molecule has 3 unspecified atom stereocenters. The number of rotatable bonds is 5. The van der Waals surface area contributed by atoms with Crippen molar-refractivity contribution < 1.29 is 14.3 Å². The fourth-order valence-corrected chi connectivity index (χ4v) is 5.57. The van der Waals surface area contributed by atoms with Gasteiger partial charge in [-0.25, -0.2) is 0 Å². The summed E-state index contributed by atoms with van der Waals surface area (Å²) in [6.45, 7) is 0. The van der Waals surface area contributed by atoms with Gasteiger partial charge in [0.15, 0.2) is 11.5 Å². The number of hydrogen-bond acceptors (Lipinski definition) is 6. The van der Waals surface area contributed by atoms with Crippen LogP contribution in [0.3, 0.4) is 0 Å². The van der Waals surface area contributed by atoms with E-state index in [0.29, 0.717) is 33.9 Å². The minimum absolute atomic E-state index is 0.0657. The molecule has 0 radical (unpaired) electrons. The second-order valence-electron chi connectivity index (χ2n) is 7.56. The van der Waals surface area contributed by atoms with Gasteiger partial charge in [0.05, 0.1) is 14.2 Å². The number of amides is 1.